The highest BCUT2D eigenvalue weighted by molar-refractivity contribution is 9.10. The molecule has 24 heavy (non-hydrogen) atoms. The Morgan fingerprint density at radius 3 is 2.46 bits per heavy atom. The number of rotatable bonds is 7. The summed E-state index contributed by atoms with van der Waals surface area (Å²) < 4.78 is 6.31. The van der Waals surface area contributed by atoms with Crippen LogP contribution in [0.25, 0.3) is 0 Å². The van der Waals surface area contributed by atoms with E-state index >= 15 is 0 Å². The summed E-state index contributed by atoms with van der Waals surface area (Å²) in [6.07, 6.45) is 0.897. The Bertz CT molecular complexity index is 673. The summed E-state index contributed by atoms with van der Waals surface area (Å²) in [6.45, 7) is 3.97. The van der Waals surface area contributed by atoms with Gasteiger partial charge < -0.3 is 10.1 Å². The van der Waals surface area contributed by atoms with Crippen LogP contribution in [0, 0.1) is 0 Å². The lowest BCUT2D eigenvalue weighted by atomic mass is 10.0. The van der Waals surface area contributed by atoms with Crippen LogP contribution in [0.15, 0.2) is 53.0 Å². The van der Waals surface area contributed by atoms with Gasteiger partial charge in [0.2, 0.25) is 5.91 Å². The maximum Gasteiger partial charge on any atom is 0.241 e. The number of carbonyl (C=O) groups is 1. The summed E-state index contributed by atoms with van der Waals surface area (Å²) in [4.78, 5) is 12.5. The van der Waals surface area contributed by atoms with Gasteiger partial charge in [-0.15, -0.1) is 0 Å². The Morgan fingerprint density at radius 1 is 1.17 bits per heavy atom. The fourth-order valence-electron chi connectivity index (χ4n) is 2.51. The predicted molar refractivity (Wildman–Crippen MR) is 101 cm³/mol. The van der Waals surface area contributed by atoms with E-state index in [0.29, 0.717) is 11.4 Å². The molecule has 0 bridgehead atoms. The van der Waals surface area contributed by atoms with Gasteiger partial charge in [-0.1, -0.05) is 47.1 Å². The molecule has 0 saturated carbocycles. The van der Waals surface area contributed by atoms with Crippen molar-refractivity contribution < 1.29 is 9.53 Å². The third-order valence-corrected chi connectivity index (χ3v) is 4.42. The summed E-state index contributed by atoms with van der Waals surface area (Å²) in [5.41, 5.74) is 1.84. The van der Waals surface area contributed by atoms with Gasteiger partial charge in [-0.05, 0) is 43.2 Å². The van der Waals surface area contributed by atoms with Crippen molar-refractivity contribution in [3.63, 3.8) is 0 Å². The highest BCUT2D eigenvalue weighted by Gasteiger charge is 2.19. The fourth-order valence-corrected chi connectivity index (χ4v) is 2.78. The molecule has 2 aromatic rings. The molecule has 2 rings (SSSR count). The first-order chi connectivity index (χ1) is 11.5. The monoisotopic (exact) mass is 390 g/mol. The summed E-state index contributed by atoms with van der Waals surface area (Å²) in [5.74, 6) is 0.563. The van der Waals surface area contributed by atoms with Crippen LogP contribution in [-0.4, -0.2) is 19.1 Å². The van der Waals surface area contributed by atoms with Gasteiger partial charge in [0.15, 0.2) is 0 Å². The van der Waals surface area contributed by atoms with E-state index in [2.05, 4.69) is 45.6 Å². The van der Waals surface area contributed by atoms with E-state index in [1.807, 2.05) is 43.3 Å². The largest absolute Gasteiger partial charge is 0.495 e. The second kappa shape index (κ2) is 8.85. The first kappa shape index (κ1) is 18.5. The zero-order valence-electron chi connectivity index (χ0n) is 14.2. The molecule has 0 aromatic heterocycles. The van der Waals surface area contributed by atoms with Crippen molar-refractivity contribution >= 4 is 27.5 Å². The van der Waals surface area contributed by atoms with Crippen LogP contribution in [0.5, 0.6) is 5.75 Å². The van der Waals surface area contributed by atoms with Gasteiger partial charge in [0.1, 0.15) is 5.75 Å². The van der Waals surface area contributed by atoms with Crippen molar-refractivity contribution in [2.75, 3.05) is 12.4 Å². The quantitative estimate of drug-likeness (QED) is 0.730. The van der Waals surface area contributed by atoms with Crippen molar-refractivity contribution in [1.29, 1.82) is 0 Å². The van der Waals surface area contributed by atoms with Gasteiger partial charge in [0.05, 0.1) is 18.8 Å². The summed E-state index contributed by atoms with van der Waals surface area (Å²) in [6, 6.07) is 15.3. The second-order valence-corrected chi connectivity index (χ2v) is 6.51. The number of para-hydroxylation sites is 2. The van der Waals surface area contributed by atoms with Crippen molar-refractivity contribution in [3.8, 4) is 5.75 Å². The third-order valence-electron chi connectivity index (χ3n) is 3.89. The van der Waals surface area contributed by atoms with Crippen LogP contribution in [0.3, 0.4) is 0 Å². The molecule has 2 aromatic carbocycles. The van der Waals surface area contributed by atoms with Crippen molar-refractivity contribution in [2.24, 2.45) is 0 Å². The number of anilines is 1. The lowest BCUT2D eigenvalue weighted by Gasteiger charge is -2.22. The lowest BCUT2D eigenvalue weighted by molar-refractivity contribution is -0.118. The first-order valence-electron chi connectivity index (χ1n) is 8.00. The molecule has 0 saturated heterocycles. The molecule has 0 radical (unpaired) electrons. The van der Waals surface area contributed by atoms with E-state index in [1.54, 1.807) is 7.11 Å². The highest BCUT2D eigenvalue weighted by atomic mass is 79.9. The van der Waals surface area contributed by atoms with Crippen LogP contribution in [0.4, 0.5) is 5.69 Å². The minimum atomic E-state index is -0.330. The number of hydrogen-bond donors (Lipinski definition) is 2. The van der Waals surface area contributed by atoms with Gasteiger partial charge in [-0.25, -0.2) is 0 Å². The van der Waals surface area contributed by atoms with E-state index in [0.717, 1.165) is 16.5 Å². The van der Waals surface area contributed by atoms with Crippen LogP contribution in [0.2, 0.25) is 0 Å². The predicted octanol–water partition coefficient (Wildman–Crippen LogP) is 4.53. The lowest BCUT2D eigenvalue weighted by Crippen LogP contribution is -2.40. The molecule has 0 aliphatic heterocycles. The Hall–Kier alpha value is -1.85. The Kier molecular flexibility index (Phi) is 6.82. The number of nitrogens with one attached hydrogen (secondary N) is 2. The molecule has 0 aliphatic carbocycles. The molecule has 4 nitrogen and oxygen atoms in total. The minimum Gasteiger partial charge on any atom is -0.495 e. The number of carbonyl (C=O) groups excluding carboxylic acids is 1. The molecule has 0 unspecified atom stereocenters. The molecule has 0 heterocycles. The maximum atomic E-state index is 12.5. The Labute approximate surface area is 151 Å². The van der Waals surface area contributed by atoms with E-state index < -0.39 is 0 Å². The molecule has 0 aliphatic rings. The van der Waals surface area contributed by atoms with Crippen LogP contribution >= 0.6 is 15.9 Å². The van der Waals surface area contributed by atoms with Crippen LogP contribution in [-0.2, 0) is 4.79 Å². The molecular formula is C19H23BrN2O2. The standard InChI is InChI=1S/C19H23BrN2O2/c1-4-16(14-9-11-15(20)12-10-14)21-13(2)19(23)22-17-7-5-6-8-18(17)24-3/h5-13,16,21H,4H2,1-3H3,(H,22,23)/t13-,16+/m0/s1. The average Bonchev–Trinajstić information content (AvgIpc) is 2.60. The smallest absolute Gasteiger partial charge is 0.241 e. The molecule has 2 atom stereocenters. The third kappa shape index (κ3) is 4.82. The number of benzene rings is 2. The molecule has 5 heteroatoms. The number of ether oxygens (including phenoxy) is 1. The van der Waals surface area contributed by atoms with E-state index in [-0.39, 0.29) is 18.0 Å². The first-order valence-corrected chi connectivity index (χ1v) is 8.79. The zero-order chi connectivity index (χ0) is 17.5. The van der Waals surface area contributed by atoms with Crippen molar-refractivity contribution in [1.82, 2.24) is 5.32 Å². The number of halogens is 1. The highest BCUT2D eigenvalue weighted by Crippen LogP contribution is 2.24. The van der Waals surface area contributed by atoms with Gasteiger partial charge >= 0.3 is 0 Å². The SMILES string of the molecule is CC[C@@H](N[C@@H](C)C(=O)Nc1ccccc1OC)c1ccc(Br)cc1. The molecule has 1 amide bonds. The van der Waals surface area contributed by atoms with Crippen LogP contribution < -0.4 is 15.4 Å². The molecular weight excluding hydrogens is 368 g/mol. The average molecular weight is 391 g/mol. The number of methoxy groups -OCH3 is 1. The minimum absolute atomic E-state index is 0.0879. The normalized spacial score (nSPS) is 13.2. The summed E-state index contributed by atoms with van der Waals surface area (Å²) in [7, 11) is 1.59. The fraction of sp³-hybridized carbons (Fsp3) is 0.316. The molecule has 2 N–H and O–H groups in total. The number of hydrogen-bond acceptors (Lipinski definition) is 3. The molecule has 128 valence electrons. The van der Waals surface area contributed by atoms with E-state index in [9.17, 15) is 4.79 Å². The Morgan fingerprint density at radius 2 is 1.83 bits per heavy atom. The van der Waals surface area contributed by atoms with Crippen LogP contribution in [0.1, 0.15) is 31.9 Å². The van der Waals surface area contributed by atoms with Gasteiger partial charge in [-0.3, -0.25) is 10.1 Å². The topological polar surface area (TPSA) is 50.4 Å². The van der Waals surface area contributed by atoms with Crippen molar-refractivity contribution in [2.45, 2.75) is 32.4 Å². The van der Waals surface area contributed by atoms with E-state index in [4.69, 9.17) is 4.74 Å². The molecule has 0 fully saturated rings. The van der Waals surface area contributed by atoms with Gasteiger partial charge in [-0.2, -0.15) is 0 Å². The van der Waals surface area contributed by atoms with Gasteiger partial charge in [0, 0.05) is 10.5 Å². The summed E-state index contributed by atoms with van der Waals surface area (Å²) in [5, 5.41) is 6.31. The van der Waals surface area contributed by atoms with Crippen molar-refractivity contribution in [3.05, 3.63) is 58.6 Å². The van der Waals surface area contributed by atoms with E-state index in [1.165, 1.54) is 0 Å². The van der Waals surface area contributed by atoms with Gasteiger partial charge in [0.25, 0.3) is 0 Å². The Balaban J connectivity index is 2.03. The zero-order valence-corrected chi connectivity index (χ0v) is 15.8. The second-order valence-electron chi connectivity index (χ2n) is 5.59. The summed E-state index contributed by atoms with van der Waals surface area (Å²) >= 11 is 3.44. The maximum absolute atomic E-state index is 12.5. The molecule has 0 spiro atoms. The number of amides is 1.